The second-order valence-corrected chi connectivity index (χ2v) is 9.08. The Morgan fingerprint density at radius 3 is 2.53 bits per heavy atom. The topological polar surface area (TPSA) is 86.3 Å². The first-order valence-corrected chi connectivity index (χ1v) is 11.8. The number of carbonyl (C=O) groups is 1. The van der Waals surface area contributed by atoms with Gasteiger partial charge in [0.2, 0.25) is 5.91 Å². The maximum Gasteiger partial charge on any atom is 0.225 e. The molecule has 174 valence electrons. The molecule has 0 unspecified atom stereocenters. The summed E-state index contributed by atoms with van der Waals surface area (Å²) < 4.78 is 7.79. The number of likely N-dealkylation sites (tertiary alicyclic amines) is 1. The highest BCUT2D eigenvalue weighted by Gasteiger charge is 2.30. The Hall–Kier alpha value is -3.87. The summed E-state index contributed by atoms with van der Waals surface area (Å²) in [5, 5.41) is 6.00. The Bertz CT molecular complexity index is 1300. The normalized spacial score (nSPS) is 16.2. The minimum absolute atomic E-state index is 0.00971. The number of fused-ring (bicyclic) bond motifs is 1. The monoisotopic (exact) mass is 455 g/mol. The third-order valence-electron chi connectivity index (χ3n) is 6.32. The molecule has 1 amide bonds. The minimum atomic E-state index is -0.00971. The van der Waals surface area contributed by atoms with E-state index in [1.54, 1.807) is 6.20 Å². The molecule has 4 aromatic rings. The third kappa shape index (κ3) is 4.21. The Balaban J connectivity index is 1.49. The van der Waals surface area contributed by atoms with E-state index in [0.29, 0.717) is 12.4 Å². The summed E-state index contributed by atoms with van der Waals surface area (Å²) in [5.74, 6) is 2.31. The predicted octanol–water partition coefficient (Wildman–Crippen LogP) is 5.16. The van der Waals surface area contributed by atoms with E-state index in [0.717, 1.165) is 53.2 Å². The Morgan fingerprint density at radius 2 is 1.79 bits per heavy atom. The number of rotatable bonds is 5. The van der Waals surface area contributed by atoms with E-state index >= 15 is 0 Å². The highest BCUT2D eigenvalue weighted by molar-refractivity contribution is 5.91. The number of nitrogen functional groups attached to an aromatic ring is 1. The van der Waals surface area contributed by atoms with Gasteiger partial charge in [-0.1, -0.05) is 32.0 Å². The first-order chi connectivity index (χ1) is 16.5. The van der Waals surface area contributed by atoms with Gasteiger partial charge in [-0.25, -0.2) is 9.67 Å². The molecule has 2 aromatic carbocycles. The van der Waals surface area contributed by atoms with Gasteiger partial charge in [0.15, 0.2) is 0 Å². The number of benzene rings is 2. The Kier molecular flexibility index (Phi) is 5.92. The molecule has 3 heterocycles. The van der Waals surface area contributed by atoms with E-state index in [4.69, 9.17) is 15.6 Å². The summed E-state index contributed by atoms with van der Waals surface area (Å²) in [6, 6.07) is 19.4. The van der Waals surface area contributed by atoms with Crippen LogP contribution in [0.25, 0.3) is 16.6 Å². The largest absolute Gasteiger partial charge is 0.457 e. The number of nitrogens with two attached hydrogens (primary N) is 1. The Labute approximate surface area is 199 Å². The number of para-hydroxylation sites is 1. The van der Waals surface area contributed by atoms with Crippen molar-refractivity contribution in [1.29, 1.82) is 0 Å². The van der Waals surface area contributed by atoms with Crippen molar-refractivity contribution >= 4 is 22.6 Å². The van der Waals surface area contributed by atoms with Crippen molar-refractivity contribution in [1.82, 2.24) is 19.7 Å². The quantitative estimate of drug-likeness (QED) is 0.449. The van der Waals surface area contributed by atoms with E-state index in [2.05, 4.69) is 4.98 Å². The second kappa shape index (κ2) is 9.17. The number of aromatic nitrogens is 3. The van der Waals surface area contributed by atoms with Crippen molar-refractivity contribution in [2.75, 3.05) is 18.8 Å². The minimum Gasteiger partial charge on any atom is -0.457 e. The molecule has 0 saturated carbocycles. The molecule has 1 aliphatic rings. The van der Waals surface area contributed by atoms with Crippen LogP contribution < -0.4 is 10.5 Å². The fourth-order valence-electron chi connectivity index (χ4n) is 4.65. The SMILES string of the molecule is CC(C)C(=O)N1CCC[C@@H](c2nn(-c3ccc(Oc4ccccc4)cc3)c3c(N)nccc23)C1. The van der Waals surface area contributed by atoms with Crippen LogP contribution in [0.4, 0.5) is 5.82 Å². The van der Waals surface area contributed by atoms with Crippen LogP contribution in [0.1, 0.15) is 38.3 Å². The first kappa shape index (κ1) is 21.9. The highest BCUT2D eigenvalue weighted by atomic mass is 16.5. The molecule has 2 N–H and O–H groups in total. The van der Waals surface area contributed by atoms with E-state index in [1.165, 1.54) is 0 Å². The summed E-state index contributed by atoms with van der Waals surface area (Å²) in [7, 11) is 0. The maximum atomic E-state index is 12.6. The van der Waals surface area contributed by atoms with Crippen molar-refractivity contribution in [3.63, 3.8) is 0 Å². The average Bonchev–Trinajstić information content (AvgIpc) is 3.26. The van der Waals surface area contributed by atoms with Crippen molar-refractivity contribution in [3.05, 3.63) is 72.6 Å². The van der Waals surface area contributed by atoms with Crippen LogP contribution in [0.15, 0.2) is 66.9 Å². The number of nitrogens with zero attached hydrogens (tertiary/aromatic N) is 4. The summed E-state index contributed by atoms with van der Waals surface area (Å²) in [5.41, 5.74) is 8.96. The molecular formula is C27H29N5O2. The number of ether oxygens (including phenoxy) is 1. The van der Waals surface area contributed by atoms with Gasteiger partial charge < -0.3 is 15.4 Å². The second-order valence-electron chi connectivity index (χ2n) is 9.08. The summed E-state index contributed by atoms with van der Waals surface area (Å²) >= 11 is 0. The maximum absolute atomic E-state index is 12.6. The lowest BCUT2D eigenvalue weighted by Crippen LogP contribution is -2.41. The van der Waals surface area contributed by atoms with Crippen LogP contribution >= 0.6 is 0 Å². The first-order valence-electron chi connectivity index (χ1n) is 11.8. The molecule has 1 saturated heterocycles. The zero-order chi connectivity index (χ0) is 23.7. The van der Waals surface area contributed by atoms with Crippen molar-refractivity contribution in [3.8, 4) is 17.2 Å². The molecule has 0 bridgehead atoms. The molecule has 1 atom stereocenters. The lowest BCUT2D eigenvalue weighted by molar-refractivity contribution is -0.135. The van der Waals surface area contributed by atoms with Gasteiger partial charge in [-0.15, -0.1) is 0 Å². The van der Waals surface area contributed by atoms with Crippen LogP contribution in [0.5, 0.6) is 11.5 Å². The van der Waals surface area contributed by atoms with Gasteiger partial charge in [0, 0.05) is 36.5 Å². The number of hydrogen-bond donors (Lipinski definition) is 1. The highest BCUT2D eigenvalue weighted by Crippen LogP contribution is 2.35. The fraction of sp³-hybridized carbons (Fsp3) is 0.296. The van der Waals surface area contributed by atoms with Crippen molar-refractivity contribution < 1.29 is 9.53 Å². The van der Waals surface area contributed by atoms with Gasteiger partial charge >= 0.3 is 0 Å². The molecule has 2 aromatic heterocycles. The standard InChI is InChI=1S/C27H29N5O2/c1-18(2)27(33)31-16-6-7-19(17-31)24-23-14-15-29-26(28)25(23)32(30-24)20-10-12-22(13-11-20)34-21-8-4-3-5-9-21/h3-5,8-15,18-19H,6-7,16-17H2,1-2H3,(H2,28,29)/t19-/m1/s1. The van der Waals surface area contributed by atoms with Crippen LogP contribution in [0, 0.1) is 5.92 Å². The van der Waals surface area contributed by atoms with Crippen molar-refractivity contribution in [2.24, 2.45) is 5.92 Å². The molecule has 7 nitrogen and oxygen atoms in total. The predicted molar refractivity (Wildman–Crippen MR) is 133 cm³/mol. The Morgan fingerprint density at radius 1 is 1.06 bits per heavy atom. The van der Waals surface area contributed by atoms with Crippen LogP contribution in [0.3, 0.4) is 0 Å². The molecule has 34 heavy (non-hydrogen) atoms. The third-order valence-corrected chi connectivity index (χ3v) is 6.32. The summed E-state index contributed by atoms with van der Waals surface area (Å²) in [4.78, 5) is 18.9. The fourth-order valence-corrected chi connectivity index (χ4v) is 4.65. The van der Waals surface area contributed by atoms with Gasteiger partial charge in [0.05, 0.1) is 11.4 Å². The van der Waals surface area contributed by atoms with Gasteiger partial charge in [-0.2, -0.15) is 5.10 Å². The van der Waals surface area contributed by atoms with E-state index in [9.17, 15) is 4.79 Å². The smallest absolute Gasteiger partial charge is 0.225 e. The van der Waals surface area contributed by atoms with Crippen LogP contribution in [-0.4, -0.2) is 38.7 Å². The summed E-state index contributed by atoms with van der Waals surface area (Å²) in [6.07, 6.45) is 3.67. The lowest BCUT2D eigenvalue weighted by Gasteiger charge is -2.33. The number of carbonyl (C=O) groups excluding carboxylic acids is 1. The lowest BCUT2D eigenvalue weighted by atomic mass is 9.92. The number of pyridine rings is 1. The molecule has 5 rings (SSSR count). The number of piperidine rings is 1. The van der Waals surface area contributed by atoms with Crippen LogP contribution in [0.2, 0.25) is 0 Å². The molecule has 1 aliphatic heterocycles. The van der Waals surface area contributed by atoms with Gasteiger partial charge in [-0.3, -0.25) is 4.79 Å². The number of amides is 1. The number of hydrogen-bond acceptors (Lipinski definition) is 5. The summed E-state index contributed by atoms with van der Waals surface area (Å²) in [6.45, 7) is 5.38. The molecular weight excluding hydrogens is 426 g/mol. The molecule has 1 fully saturated rings. The van der Waals surface area contributed by atoms with Gasteiger partial charge in [0.25, 0.3) is 0 Å². The average molecular weight is 456 g/mol. The molecule has 0 spiro atoms. The van der Waals surface area contributed by atoms with Gasteiger partial charge in [0.1, 0.15) is 22.8 Å². The van der Waals surface area contributed by atoms with E-state index < -0.39 is 0 Å². The zero-order valence-corrected chi connectivity index (χ0v) is 19.5. The molecule has 0 aliphatic carbocycles. The van der Waals surface area contributed by atoms with E-state index in [1.807, 2.05) is 84.1 Å². The van der Waals surface area contributed by atoms with Crippen molar-refractivity contribution in [2.45, 2.75) is 32.6 Å². The number of anilines is 1. The molecule has 7 heteroatoms. The zero-order valence-electron chi connectivity index (χ0n) is 19.5. The van der Waals surface area contributed by atoms with Gasteiger partial charge in [-0.05, 0) is 55.3 Å². The molecule has 0 radical (unpaired) electrons. The van der Waals surface area contributed by atoms with Crippen LogP contribution in [-0.2, 0) is 4.79 Å². The van der Waals surface area contributed by atoms with E-state index in [-0.39, 0.29) is 17.7 Å².